The maximum atomic E-state index is 11.6. The van der Waals surface area contributed by atoms with Crippen molar-refractivity contribution in [3.8, 4) is 0 Å². The monoisotopic (exact) mass is 310 g/mol. The topological polar surface area (TPSA) is 97.8 Å². The van der Waals surface area contributed by atoms with Crippen molar-refractivity contribution in [2.45, 2.75) is 6.54 Å². The number of amides is 1. The first-order valence-electron chi connectivity index (χ1n) is 5.71. The third-order valence-corrected chi connectivity index (χ3v) is 3.35. The van der Waals surface area contributed by atoms with Gasteiger partial charge in [0, 0.05) is 28.9 Å². The molecule has 0 unspecified atom stereocenters. The molecule has 1 aromatic carbocycles. The van der Waals surface area contributed by atoms with Gasteiger partial charge in [-0.15, -0.1) is 12.4 Å². The van der Waals surface area contributed by atoms with E-state index in [9.17, 15) is 4.79 Å². The lowest BCUT2D eigenvalue weighted by molar-refractivity contribution is 0.100. The Kier molecular flexibility index (Phi) is 3.85. The Morgan fingerprint density at radius 1 is 1.35 bits per heavy atom. The van der Waals surface area contributed by atoms with Crippen LogP contribution >= 0.6 is 24.0 Å². The number of fused-ring (bicyclic) bond motifs is 3. The lowest BCUT2D eigenvalue weighted by Crippen LogP contribution is -2.14. The highest BCUT2D eigenvalue weighted by atomic mass is 35.5. The Morgan fingerprint density at radius 3 is 2.75 bits per heavy atom. The number of hydrogen-bond acceptors (Lipinski definition) is 3. The molecule has 1 amide bonds. The molecule has 5 N–H and O–H groups in total. The van der Waals surface area contributed by atoms with Crippen molar-refractivity contribution in [1.82, 2.24) is 9.97 Å². The van der Waals surface area contributed by atoms with Crippen LogP contribution in [-0.2, 0) is 6.54 Å². The van der Waals surface area contributed by atoms with Crippen molar-refractivity contribution in [3.05, 3.63) is 40.8 Å². The summed E-state index contributed by atoms with van der Waals surface area (Å²) in [6.45, 7) is 0.168. The normalized spacial score (nSPS) is 10.7. The van der Waals surface area contributed by atoms with Crippen LogP contribution in [0.4, 0.5) is 0 Å². The number of aromatic amines is 1. The van der Waals surface area contributed by atoms with Gasteiger partial charge in [-0.25, -0.2) is 4.98 Å². The minimum Gasteiger partial charge on any atom is -0.366 e. The highest BCUT2D eigenvalue weighted by Gasteiger charge is 2.17. The number of pyridine rings is 1. The van der Waals surface area contributed by atoms with E-state index >= 15 is 0 Å². The van der Waals surface area contributed by atoms with Crippen molar-refractivity contribution in [2.24, 2.45) is 11.5 Å². The minimum absolute atomic E-state index is 0. The van der Waals surface area contributed by atoms with Gasteiger partial charge in [-0.3, -0.25) is 4.79 Å². The maximum absolute atomic E-state index is 11.6. The van der Waals surface area contributed by atoms with Crippen LogP contribution in [0.3, 0.4) is 0 Å². The Balaban J connectivity index is 0.00000147. The van der Waals surface area contributed by atoms with Gasteiger partial charge in [-0.1, -0.05) is 23.7 Å². The number of aromatic nitrogens is 2. The number of nitrogens with one attached hydrogen (secondary N) is 1. The van der Waals surface area contributed by atoms with Crippen molar-refractivity contribution >= 4 is 51.6 Å². The number of nitrogens with two attached hydrogens (primary N) is 2. The van der Waals surface area contributed by atoms with Crippen molar-refractivity contribution < 1.29 is 4.79 Å². The molecule has 0 aliphatic carbocycles. The molecule has 0 fully saturated rings. The summed E-state index contributed by atoms with van der Waals surface area (Å²) < 4.78 is 0. The summed E-state index contributed by atoms with van der Waals surface area (Å²) in [5, 5.41) is 3.03. The summed E-state index contributed by atoms with van der Waals surface area (Å²) in [7, 11) is 0. The first-order valence-corrected chi connectivity index (χ1v) is 6.08. The molecule has 5 nitrogen and oxygen atoms in total. The molecule has 0 atom stereocenters. The predicted octanol–water partition coefficient (Wildman–Crippen LogP) is 2.35. The van der Waals surface area contributed by atoms with Gasteiger partial charge in [-0.2, -0.15) is 0 Å². The molecule has 0 aliphatic heterocycles. The quantitative estimate of drug-likeness (QED) is 0.634. The van der Waals surface area contributed by atoms with Crippen molar-refractivity contribution in [2.75, 3.05) is 0 Å². The second kappa shape index (κ2) is 5.28. The van der Waals surface area contributed by atoms with Gasteiger partial charge in [0.25, 0.3) is 5.91 Å². The van der Waals surface area contributed by atoms with Crippen LogP contribution < -0.4 is 11.5 Å². The Labute approximate surface area is 125 Å². The molecule has 20 heavy (non-hydrogen) atoms. The number of nitrogens with zero attached hydrogens (tertiary/aromatic N) is 1. The number of benzene rings is 1. The lowest BCUT2D eigenvalue weighted by Gasteiger charge is -2.01. The first-order chi connectivity index (χ1) is 9.11. The van der Waals surface area contributed by atoms with Gasteiger partial charge < -0.3 is 16.5 Å². The average molecular weight is 311 g/mol. The molecule has 7 heteroatoms. The fraction of sp³-hybridized carbons (Fsp3) is 0.0769. The smallest absolute Gasteiger partial charge is 0.251 e. The van der Waals surface area contributed by atoms with E-state index in [1.165, 1.54) is 0 Å². The van der Waals surface area contributed by atoms with Gasteiger partial charge in [0.15, 0.2) is 0 Å². The van der Waals surface area contributed by atoms with Gasteiger partial charge in [0.2, 0.25) is 0 Å². The van der Waals surface area contributed by atoms with E-state index < -0.39 is 5.91 Å². The van der Waals surface area contributed by atoms with E-state index in [4.69, 9.17) is 23.1 Å². The number of carbonyl (C=O) groups is 1. The number of hydrogen-bond donors (Lipinski definition) is 3. The molecule has 2 aromatic heterocycles. The molecule has 0 aliphatic rings. The maximum Gasteiger partial charge on any atom is 0.251 e. The van der Waals surface area contributed by atoms with Crippen LogP contribution in [0.5, 0.6) is 0 Å². The molecular weight excluding hydrogens is 299 g/mol. The molecule has 3 aromatic rings. The molecule has 0 bridgehead atoms. The summed E-state index contributed by atoms with van der Waals surface area (Å²) >= 11 is 5.96. The van der Waals surface area contributed by atoms with E-state index in [-0.39, 0.29) is 19.0 Å². The van der Waals surface area contributed by atoms with Crippen LogP contribution in [0.25, 0.3) is 21.7 Å². The van der Waals surface area contributed by atoms with Crippen molar-refractivity contribution in [1.29, 1.82) is 0 Å². The van der Waals surface area contributed by atoms with Gasteiger partial charge in [0.05, 0.1) is 16.8 Å². The van der Waals surface area contributed by atoms with Crippen LogP contribution in [0.2, 0.25) is 5.15 Å². The zero-order valence-electron chi connectivity index (χ0n) is 10.3. The van der Waals surface area contributed by atoms with E-state index in [1.54, 1.807) is 12.3 Å². The zero-order valence-corrected chi connectivity index (χ0v) is 11.9. The summed E-state index contributed by atoms with van der Waals surface area (Å²) in [4.78, 5) is 18.9. The summed E-state index contributed by atoms with van der Waals surface area (Å²) in [5.41, 5.74) is 12.6. The van der Waals surface area contributed by atoms with Gasteiger partial charge >= 0.3 is 0 Å². The zero-order chi connectivity index (χ0) is 13.6. The highest BCUT2D eigenvalue weighted by Crippen LogP contribution is 2.30. The van der Waals surface area contributed by atoms with Gasteiger partial charge in [0.1, 0.15) is 5.15 Å². The predicted molar refractivity (Wildman–Crippen MR) is 82.3 cm³/mol. The molecule has 0 saturated carbocycles. The molecule has 2 heterocycles. The third-order valence-electron chi connectivity index (χ3n) is 3.13. The Morgan fingerprint density at radius 2 is 2.10 bits per heavy atom. The Hall–Kier alpha value is -1.82. The third kappa shape index (κ3) is 2.10. The van der Waals surface area contributed by atoms with Crippen LogP contribution in [0.1, 0.15) is 16.1 Å². The first kappa shape index (κ1) is 14.6. The highest BCUT2D eigenvalue weighted by molar-refractivity contribution is 6.30. The second-order valence-corrected chi connectivity index (χ2v) is 4.65. The average Bonchev–Trinajstić information content (AvgIpc) is 2.77. The molecule has 0 radical (unpaired) electrons. The molecule has 104 valence electrons. The standard InChI is InChI=1S/C13H11ClN4O.ClH/c14-10-3-8-6(5-17-10)1-2-7-11(13(16)19)9(4-15)18-12(7)8;/h1-3,5,17H,4,15H2,(H2,16,19);1H. The number of rotatable bonds is 2. The van der Waals surface area contributed by atoms with Gasteiger partial charge in [-0.05, 0) is 6.07 Å². The minimum atomic E-state index is -0.518. The lowest BCUT2D eigenvalue weighted by atomic mass is 10.1. The molecule has 0 spiro atoms. The van der Waals surface area contributed by atoms with Crippen LogP contribution in [-0.4, -0.2) is 15.9 Å². The molecular formula is C13H12Cl2N4O. The summed E-state index contributed by atoms with van der Waals surface area (Å²) in [6.07, 6.45) is 1.79. The fourth-order valence-corrected chi connectivity index (χ4v) is 2.47. The largest absolute Gasteiger partial charge is 0.366 e. The fourth-order valence-electron chi connectivity index (χ4n) is 2.31. The number of primary amides is 1. The molecule has 3 rings (SSSR count). The van der Waals surface area contributed by atoms with E-state index in [0.717, 1.165) is 10.8 Å². The van der Waals surface area contributed by atoms with Crippen LogP contribution in [0, 0.1) is 0 Å². The number of halogens is 2. The van der Waals surface area contributed by atoms with Crippen molar-refractivity contribution in [3.63, 3.8) is 0 Å². The summed E-state index contributed by atoms with van der Waals surface area (Å²) in [6, 6.07) is 5.49. The SMILES string of the molecule is Cl.NCc1nc2c(ccc3c[nH]c(Cl)cc32)c1C(N)=O. The van der Waals surface area contributed by atoms with E-state index in [2.05, 4.69) is 9.97 Å². The number of carbonyl (C=O) groups excluding carboxylic acids is 1. The van der Waals surface area contributed by atoms with E-state index in [1.807, 2.05) is 12.1 Å². The second-order valence-electron chi connectivity index (χ2n) is 4.25. The van der Waals surface area contributed by atoms with E-state index in [0.29, 0.717) is 27.3 Å². The number of H-pyrrole nitrogens is 1. The molecule has 0 saturated heterocycles. The van der Waals surface area contributed by atoms with Crippen LogP contribution in [0.15, 0.2) is 24.4 Å². The summed E-state index contributed by atoms with van der Waals surface area (Å²) in [5.74, 6) is -0.518. The Bertz CT molecular complexity index is 813.